The van der Waals surface area contributed by atoms with Crippen molar-refractivity contribution in [2.24, 2.45) is 0 Å². The second-order valence-electron chi connectivity index (χ2n) is 3.27. The smallest absolute Gasteiger partial charge is 0.320 e. The van der Waals surface area contributed by atoms with E-state index in [1.165, 1.54) is 0 Å². The summed E-state index contributed by atoms with van der Waals surface area (Å²) in [6, 6.07) is 0. The lowest BCUT2D eigenvalue weighted by Gasteiger charge is -2.24. The Kier molecular flexibility index (Phi) is 3.35. The van der Waals surface area contributed by atoms with Crippen LogP contribution in [0.15, 0.2) is 0 Å². The van der Waals surface area contributed by atoms with E-state index in [2.05, 4.69) is 13.8 Å². The Morgan fingerprint density at radius 3 is 2.67 bits per heavy atom. The highest BCUT2D eigenvalue weighted by Crippen LogP contribution is 2.41. The van der Waals surface area contributed by atoms with Crippen molar-refractivity contribution in [3.05, 3.63) is 0 Å². The highest BCUT2D eigenvalue weighted by Gasteiger charge is 2.42. The van der Waals surface area contributed by atoms with Crippen LogP contribution in [0.25, 0.3) is 0 Å². The molecule has 70 valence electrons. The van der Waals surface area contributed by atoms with E-state index in [1.807, 2.05) is 0 Å². The molecule has 1 atom stereocenters. The molecule has 12 heavy (non-hydrogen) atoms. The zero-order valence-corrected chi connectivity index (χ0v) is 9.00. The second-order valence-corrected chi connectivity index (χ2v) is 6.33. The molecule has 1 fully saturated rings. The molecule has 0 aliphatic carbocycles. The molecule has 2 nitrogen and oxygen atoms in total. The molecule has 1 heterocycles. The molecule has 1 saturated heterocycles. The maximum absolute atomic E-state index is 11.0. The Labute approximate surface area is 81.5 Å². The van der Waals surface area contributed by atoms with Crippen LogP contribution in [0.4, 0.5) is 0 Å². The zero-order valence-electron chi connectivity index (χ0n) is 7.37. The Morgan fingerprint density at radius 2 is 2.33 bits per heavy atom. The fourth-order valence-corrected chi connectivity index (χ4v) is 4.42. The molecule has 0 aromatic carbocycles. The third-order valence-corrected chi connectivity index (χ3v) is 4.65. The van der Waals surface area contributed by atoms with E-state index in [1.54, 1.807) is 23.5 Å². The van der Waals surface area contributed by atoms with Gasteiger partial charge in [0.05, 0.1) is 0 Å². The summed E-state index contributed by atoms with van der Waals surface area (Å²) >= 11 is 3.35. The molecule has 1 aliphatic heterocycles. The molecular weight excluding hydrogens is 192 g/mol. The van der Waals surface area contributed by atoms with Gasteiger partial charge in [-0.05, 0) is 12.2 Å². The zero-order chi connectivity index (χ0) is 9.19. The number of hydrogen-bond acceptors (Lipinski definition) is 3. The number of rotatable bonds is 3. The van der Waals surface area contributed by atoms with Crippen LogP contribution in [0, 0.1) is 0 Å². The van der Waals surface area contributed by atoms with E-state index < -0.39 is 10.7 Å². The summed E-state index contributed by atoms with van der Waals surface area (Å²) in [7, 11) is 0. The summed E-state index contributed by atoms with van der Waals surface area (Å²) in [4.78, 5) is 11.0. The minimum atomic E-state index is -0.633. The molecule has 0 aromatic rings. The van der Waals surface area contributed by atoms with Crippen molar-refractivity contribution in [3.63, 3.8) is 0 Å². The highest BCUT2D eigenvalue weighted by atomic mass is 32.2. The minimum Gasteiger partial charge on any atom is -0.480 e. The lowest BCUT2D eigenvalue weighted by Crippen LogP contribution is -2.36. The lowest BCUT2D eigenvalue weighted by molar-refractivity contribution is -0.139. The first kappa shape index (κ1) is 10.3. The molecule has 0 saturated carbocycles. The molecule has 1 aliphatic rings. The monoisotopic (exact) mass is 206 g/mol. The SMILES string of the molecule is CC(C)SC1(C(=O)O)CCSC1. The highest BCUT2D eigenvalue weighted by molar-refractivity contribution is 8.05. The van der Waals surface area contributed by atoms with E-state index in [0.717, 1.165) is 17.9 Å². The topological polar surface area (TPSA) is 37.3 Å². The van der Waals surface area contributed by atoms with Gasteiger partial charge in [0.15, 0.2) is 0 Å². The molecule has 1 unspecified atom stereocenters. The van der Waals surface area contributed by atoms with Crippen LogP contribution >= 0.6 is 23.5 Å². The fourth-order valence-electron chi connectivity index (χ4n) is 1.31. The second kappa shape index (κ2) is 3.92. The van der Waals surface area contributed by atoms with Crippen molar-refractivity contribution in [1.29, 1.82) is 0 Å². The van der Waals surface area contributed by atoms with Crippen molar-refractivity contribution in [3.8, 4) is 0 Å². The molecular formula is C8H14O2S2. The molecule has 0 radical (unpaired) electrons. The first-order valence-electron chi connectivity index (χ1n) is 4.06. The van der Waals surface area contributed by atoms with Crippen LogP contribution in [0.2, 0.25) is 0 Å². The maximum Gasteiger partial charge on any atom is 0.320 e. The molecule has 4 heteroatoms. The van der Waals surface area contributed by atoms with Crippen molar-refractivity contribution in [2.45, 2.75) is 30.3 Å². The van der Waals surface area contributed by atoms with Crippen LogP contribution in [0.1, 0.15) is 20.3 Å². The number of carboxylic acids is 1. The number of thioether (sulfide) groups is 2. The van der Waals surface area contributed by atoms with Gasteiger partial charge in [-0.2, -0.15) is 11.8 Å². The molecule has 0 spiro atoms. The van der Waals surface area contributed by atoms with Crippen molar-refractivity contribution in [2.75, 3.05) is 11.5 Å². The van der Waals surface area contributed by atoms with E-state index in [9.17, 15) is 4.79 Å². The van der Waals surface area contributed by atoms with E-state index in [0.29, 0.717) is 5.25 Å². The maximum atomic E-state index is 11.0. The molecule has 0 bridgehead atoms. The summed E-state index contributed by atoms with van der Waals surface area (Å²) in [5, 5.41) is 9.48. The predicted octanol–water partition coefficient (Wildman–Crippen LogP) is 2.09. The van der Waals surface area contributed by atoms with E-state index in [-0.39, 0.29) is 0 Å². The average molecular weight is 206 g/mol. The van der Waals surface area contributed by atoms with Crippen molar-refractivity contribution >= 4 is 29.5 Å². The van der Waals surface area contributed by atoms with Gasteiger partial charge in [-0.1, -0.05) is 13.8 Å². The van der Waals surface area contributed by atoms with Gasteiger partial charge < -0.3 is 5.11 Å². The Morgan fingerprint density at radius 1 is 1.67 bits per heavy atom. The van der Waals surface area contributed by atoms with E-state index >= 15 is 0 Å². The largest absolute Gasteiger partial charge is 0.480 e. The average Bonchev–Trinajstić information content (AvgIpc) is 2.35. The Bertz CT molecular complexity index is 174. The fraction of sp³-hybridized carbons (Fsp3) is 0.875. The van der Waals surface area contributed by atoms with Gasteiger partial charge in [-0.15, -0.1) is 11.8 Å². The van der Waals surface area contributed by atoms with Crippen molar-refractivity contribution in [1.82, 2.24) is 0 Å². The van der Waals surface area contributed by atoms with Crippen LogP contribution in [-0.2, 0) is 4.79 Å². The Balaban J connectivity index is 2.65. The van der Waals surface area contributed by atoms with Gasteiger partial charge in [0.25, 0.3) is 0 Å². The summed E-state index contributed by atoms with van der Waals surface area (Å²) in [5.74, 6) is 1.13. The van der Waals surface area contributed by atoms with Gasteiger partial charge in [0.1, 0.15) is 4.75 Å². The van der Waals surface area contributed by atoms with Gasteiger partial charge in [0.2, 0.25) is 0 Å². The number of hydrogen-bond donors (Lipinski definition) is 1. The van der Waals surface area contributed by atoms with Crippen molar-refractivity contribution < 1.29 is 9.90 Å². The standard InChI is InChI=1S/C8H14O2S2/c1-6(2)12-8(7(9)10)3-4-11-5-8/h6H,3-5H2,1-2H3,(H,9,10). The van der Waals surface area contributed by atoms with Crippen LogP contribution < -0.4 is 0 Å². The third kappa shape index (κ3) is 2.10. The van der Waals surface area contributed by atoms with Crippen LogP contribution in [0.3, 0.4) is 0 Å². The quantitative estimate of drug-likeness (QED) is 0.767. The summed E-state index contributed by atoms with van der Waals surface area (Å²) in [6.45, 7) is 4.11. The van der Waals surface area contributed by atoms with Crippen LogP contribution in [-0.4, -0.2) is 32.6 Å². The Hall–Kier alpha value is 0.170. The first-order chi connectivity index (χ1) is 5.57. The first-order valence-corrected chi connectivity index (χ1v) is 6.09. The normalized spacial score (nSPS) is 29.6. The lowest BCUT2D eigenvalue weighted by atomic mass is 10.1. The predicted molar refractivity (Wildman–Crippen MR) is 55.0 cm³/mol. The van der Waals surface area contributed by atoms with Gasteiger partial charge >= 0.3 is 5.97 Å². The van der Waals surface area contributed by atoms with Gasteiger partial charge in [-0.25, -0.2) is 0 Å². The molecule has 1 rings (SSSR count). The molecule has 1 N–H and O–H groups in total. The van der Waals surface area contributed by atoms with Crippen LogP contribution in [0.5, 0.6) is 0 Å². The molecule has 0 aromatic heterocycles. The molecule has 0 amide bonds. The van der Waals surface area contributed by atoms with Gasteiger partial charge in [0, 0.05) is 11.0 Å². The van der Waals surface area contributed by atoms with E-state index in [4.69, 9.17) is 5.11 Å². The third-order valence-electron chi connectivity index (χ3n) is 1.84. The summed E-state index contributed by atoms with van der Waals surface area (Å²) in [6.07, 6.45) is 0.815. The number of aliphatic carboxylic acids is 1. The van der Waals surface area contributed by atoms with Gasteiger partial charge in [-0.3, -0.25) is 4.79 Å². The summed E-state index contributed by atoms with van der Waals surface area (Å²) in [5.41, 5.74) is 0. The minimum absolute atomic E-state index is 0.403. The summed E-state index contributed by atoms with van der Waals surface area (Å²) < 4.78 is -0.487. The number of carbonyl (C=O) groups is 1. The number of carboxylic acid groups (broad SMARTS) is 1.